The fraction of sp³-hybridized carbons (Fsp3) is 0.308. The molecule has 0 saturated heterocycles. The lowest BCUT2D eigenvalue weighted by Gasteiger charge is -2.19. The van der Waals surface area contributed by atoms with Crippen molar-refractivity contribution in [3.63, 3.8) is 0 Å². The van der Waals surface area contributed by atoms with Gasteiger partial charge in [-0.25, -0.2) is 5.84 Å². The van der Waals surface area contributed by atoms with Crippen LogP contribution in [0.25, 0.3) is 0 Å². The largest absolute Gasteiger partial charge is 0.341 e. The van der Waals surface area contributed by atoms with E-state index in [-0.39, 0.29) is 0 Å². The van der Waals surface area contributed by atoms with E-state index in [1.165, 1.54) is 11.8 Å². The van der Waals surface area contributed by atoms with Crippen molar-refractivity contribution in [1.29, 1.82) is 0 Å². The van der Waals surface area contributed by atoms with E-state index in [4.69, 9.17) is 5.84 Å². The third kappa shape index (κ3) is 3.58. The number of hydrazine groups is 1. The van der Waals surface area contributed by atoms with Crippen LogP contribution in [0.5, 0.6) is 0 Å². The van der Waals surface area contributed by atoms with Gasteiger partial charge in [0.05, 0.1) is 0 Å². The zero-order valence-corrected chi connectivity index (χ0v) is 12.4. The molecule has 0 amide bonds. The molecule has 2 aromatic rings. The second-order valence-corrected chi connectivity index (χ2v) is 5.01. The Hall–Kier alpha value is -1.86. The predicted molar refractivity (Wildman–Crippen MR) is 81.8 cm³/mol. The SMILES string of the molecule is CCN(CC)c1nc(NN)nc(Sc2ccccc2)n1. The summed E-state index contributed by atoms with van der Waals surface area (Å²) in [5.74, 6) is 6.44. The van der Waals surface area contributed by atoms with Crippen molar-refractivity contribution in [2.75, 3.05) is 23.4 Å². The van der Waals surface area contributed by atoms with Crippen LogP contribution in [0.15, 0.2) is 40.4 Å². The third-order valence-corrected chi connectivity index (χ3v) is 3.60. The number of benzene rings is 1. The molecule has 0 atom stereocenters. The number of hydrogen-bond donors (Lipinski definition) is 2. The van der Waals surface area contributed by atoms with Gasteiger partial charge >= 0.3 is 0 Å². The summed E-state index contributed by atoms with van der Waals surface area (Å²) in [5.41, 5.74) is 2.49. The van der Waals surface area contributed by atoms with E-state index < -0.39 is 0 Å². The van der Waals surface area contributed by atoms with E-state index in [0.29, 0.717) is 17.1 Å². The molecule has 0 bridgehead atoms. The number of aromatic nitrogens is 3. The van der Waals surface area contributed by atoms with Crippen LogP contribution in [0.1, 0.15) is 13.8 Å². The van der Waals surface area contributed by atoms with Gasteiger partial charge in [0, 0.05) is 18.0 Å². The average Bonchev–Trinajstić information content (AvgIpc) is 2.49. The molecule has 3 N–H and O–H groups in total. The molecule has 106 valence electrons. The molecule has 20 heavy (non-hydrogen) atoms. The quantitative estimate of drug-likeness (QED) is 0.623. The van der Waals surface area contributed by atoms with Gasteiger partial charge in [0.2, 0.25) is 11.9 Å². The van der Waals surface area contributed by atoms with Crippen molar-refractivity contribution in [1.82, 2.24) is 15.0 Å². The molecule has 0 spiro atoms. The molecule has 6 nitrogen and oxygen atoms in total. The summed E-state index contributed by atoms with van der Waals surface area (Å²) in [7, 11) is 0. The fourth-order valence-electron chi connectivity index (χ4n) is 1.70. The zero-order chi connectivity index (χ0) is 14.4. The molecule has 1 aromatic carbocycles. The lowest BCUT2D eigenvalue weighted by molar-refractivity contribution is 0.783. The van der Waals surface area contributed by atoms with Crippen molar-refractivity contribution >= 4 is 23.7 Å². The van der Waals surface area contributed by atoms with E-state index in [1.807, 2.05) is 30.3 Å². The van der Waals surface area contributed by atoms with E-state index in [9.17, 15) is 0 Å². The van der Waals surface area contributed by atoms with Crippen LogP contribution in [-0.2, 0) is 0 Å². The molecule has 0 aliphatic heterocycles. The minimum Gasteiger partial charge on any atom is -0.341 e. The van der Waals surface area contributed by atoms with E-state index in [2.05, 4.69) is 39.1 Å². The summed E-state index contributed by atoms with van der Waals surface area (Å²) in [5, 5.41) is 0.626. The Labute approximate surface area is 122 Å². The summed E-state index contributed by atoms with van der Waals surface area (Å²) < 4.78 is 0. The summed E-state index contributed by atoms with van der Waals surface area (Å²) in [4.78, 5) is 16.2. The Morgan fingerprint density at radius 3 is 2.40 bits per heavy atom. The highest BCUT2D eigenvalue weighted by molar-refractivity contribution is 7.99. The van der Waals surface area contributed by atoms with E-state index in [1.54, 1.807) is 0 Å². The van der Waals surface area contributed by atoms with Crippen molar-refractivity contribution in [2.45, 2.75) is 23.9 Å². The normalized spacial score (nSPS) is 10.3. The highest BCUT2D eigenvalue weighted by Crippen LogP contribution is 2.26. The predicted octanol–water partition coefficient (Wildman–Crippen LogP) is 2.15. The Kier molecular flexibility index (Phi) is 5.14. The minimum absolute atomic E-state index is 0.375. The van der Waals surface area contributed by atoms with Crippen LogP contribution in [0.2, 0.25) is 0 Å². The van der Waals surface area contributed by atoms with Gasteiger partial charge in [0.1, 0.15) is 0 Å². The number of nitrogens with zero attached hydrogens (tertiary/aromatic N) is 4. The van der Waals surface area contributed by atoms with Crippen LogP contribution >= 0.6 is 11.8 Å². The molecule has 7 heteroatoms. The molecule has 1 aromatic heterocycles. The molecule has 0 radical (unpaired) electrons. The molecular weight excluding hydrogens is 272 g/mol. The summed E-state index contributed by atoms with van der Waals surface area (Å²) in [6.45, 7) is 5.79. The molecular formula is C13H18N6S. The lowest BCUT2D eigenvalue weighted by atomic mass is 10.4. The summed E-state index contributed by atoms with van der Waals surface area (Å²) >= 11 is 1.49. The first-order chi connectivity index (χ1) is 9.76. The Bertz CT molecular complexity index is 544. The second kappa shape index (κ2) is 7.06. The number of nitrogen functional groups attached to an aromatic ring is 1. The molecule has 2 rings (SSSR count). The maximum atomic E-state index is 5.43. The first kappa shape index (κ1) is 14.5. The van der Waals surface area contributed by atoms with Crippen LogP contribution in [0.3, 0.4) is 0 Å². The first-order valence-corrected chi connectivity index (χ1v) is 7.29. The summed E-state index contributed by atoms with van der Waals surface area (Å²) in [6.07, 6.45) is 0. The van der Waals surface area contributed by atoms with Crippen molar-refractivity contribution in [3.05, 3.63) is 30.3 Å². The zero-order valence-electron chi connectivity index (χ0n) is 11.6. The highest BCUT2D eigenvalue weighted by Gasteiger charge is 2.11. The fourth-order valence-corrected chi connectivity index (χ4v) is 2.46. The molecule has 0 aliphatic rings. The smallest absolute Gasteiger partial charge is 0.242 e. The maximum absolute atomic E-state index is 5.43. The lowest BCUT2D eigenvalue weighted by Crippen LogP contribution is -2.25. The van der Waals surface area contributed by atoms with Gasteiger partial charge in [-0.05, 0) is 37.7 Å². The highest BCUT2D eigenvalue weighted by atomic mass is 32.2. The van der Waals surface area contributed by atoms with E-state index >= 15 is 0 Å². The van der Waals surface area contributed by atoms with Gasteiger partial charge in [0.25, 0.3) is 0 Å². The monoisotopic (exact) mass is 290 g/mol. The third-order valence-electron chi connectivity index (χ3n) is 2.73. The number of rotatable bonds is 6. The molecule has 0 unspecified atom stereocenters. The molecule has 1 heterocycles. The van der Waals surface area contributed by atoms with Crippen LogP contribution in [-0.4, -0.2) is 28.0 Å². The minimum atomic E-state index is 0.375. The van der Waals surface area contributed by atoms with Crippen LogP contribution in [0, 0.1) is 0 Å². The molecule has 0 aliphatic carbocycles. The van der Waals surface area contributed by atoms with Crippen molar-refractivity contribution < 1.29 is 0 Å². The Morgan fingerprint density at radius 1 is 1.10 bits per heavy atom. The topological polar surface area (TPSA) is 80.0 Å². The first-order valence-electron chi connectivity index (χ1n) is 6.47. The number of hydrogen-bond acceptors (Lipinski definition) is 7. The van der Waals surface area contributed by atoms with Gasteiger partial charge < -0.3 is 4.90 Å². The number of anilines is 2. The Morgan fingerprint density at radius 2 is 1.80 bits per heavy atom. The van der Waals surface area contributed by atoms with Gasteiger partial charge in [-0.3, -0.25) is 5.43 Å². The number of nitrogens with two attached hydrogens (primary N) is 1. The molecule has 0 saturated carbocycles. The summed E-state index contributed by atoms with van der Waals surface area (Å²) in [6, 6.07) is 9.97. The van der Waals surface area contributed by atoms with Gasteiger partial charge in [-0.15, -0.1) is 0 Å². The van der Waals surface area contributed by atoms with Crippen LogP contribution < -0.4 is 16.2 Å². The van der Waals surface area contributed by atoms with Gasteiger partial charge in [-0.1, -0.05) is 18.2 Å². The standard InChI is InChI=1S/C13H18N6S/c1-3-19(4-2)12-15-11(18-14)16-13(17-12)20-10-8-6-5-7-9-10/h5-9H,3-4,14H2,1-2H3,(H,15,16,17,18). The van der Waals surface area contributed by atoms with Gasteiger partial charge in [0.15, 0.2) is 5.16 Å². The van der Waals surface area contributed by atoms with Crippen molar-refractivity contribution in [2.24, 2.45) is 5.84 Å². The van der Waals surface area contributed by atoms with Crippen molar-refractivity contribution in [3.8, 4) is 0 Å². The Balaban J connectivity index is 2.30. The second-order valence-electron chi connectivity index (χ2n) is 3.97. The average molecular weight is 290 g/mol. The number of nitrogens with one attached hydrogen (secondary N) is 1. The van der Waals surface area contributed by atoms with E-state index in [0.717, 1.165) is 18.0 Å². The van der Waals surface area contributed by atoms with Crippen LogP contribution in [0.4, 0.5) is 11.9 Å². The molecule has 0 fully saturated rings. The van der Waals surface area contributed by atoms with Gasteiger partial charge in [-0.2, -0.15) is 15.0 Å². The maximum Gasteiger partial charge on any atom is 0.242 e.